The molecule has 6 heteroatoms. The number of hydrogen-bond acceptors (Lipinski definition) is 4. The van der Waals surface area contributed by atoms with Gasteiger partial charge in [-0.25, -0.2) is 4.98 Å². The van der Waals surface area contributed by atoms with Crippen molar-refractivity contribution in [2.45, 2.75) is 6.42 Å². The van der Waals surface area contributed by atoms with Gasteiger partial charge in [0, 0.05) is 30.2 Å². The van der Waals surface area contributed by atoms with E-state index >= 15 is 0 Å². The van der Waals surface area contributed by atoms with Gasteiger partial charge in [-0.15, -0.1) is 0 Å². The fraction of sp³-hybridized carbons (Fsp3) is 0.158. The molecule has 0 atom stereocenters. The standard InChI is InChI=1S/C19H17N3O3/c23-19(15-2-4-16(5-3-15)22-10-9-20-12-22)21-8-7-14-1-6-17-18(11-14)25-13-24-17/h1-6,9-12H,7-8,13H2,(H,21,23). The topological polar surface area (TPSA) is 65.4 Å². The second-order valence-corrected chi connectivity index (χ2v) is 5.71. The fourth-order valence-electron chi connectivity index (χ4n) is 2.72. The molecular weight excluding hydrogens is 318 g/mol. The van der Waals surface area contributed by atoms with Gasteiger partial charge in [-0.05, 0) is 48.4 Å². The normalized spacial score (nSPS) is 12.2. The molecule has 3 aromatic rings. The van der Waals surface area contributed by atoms with Crippen LogP contribution in [0.4, 0.5) is 0 Å². The molecule has 1 N–H and O–H groups in total. The van der Waals surface area contributed by atoms with Crippen molar-refractivity contribution >= 4 is 5.91 Å². The third-order valence-corrected chi connectivity index (χ3v) is 4.07. The molecule has 0 fully saturated rings. The third kappa shape index (κ3) is 3.33. The molecule has 0 radical (unpaired) electrons. The fourth-order valence-corrected chi connectivity index (χ4v) is 2.72. The van der Waals surface area contributed by atoms with Gasteiger partial charge in [-0.3, -0.25) is 4.79 Å². The number of carbonyl (C=O) groups excluding carboxylic acids is 1. The van der Waals surface area contributed by atoms with Crippen molar-refractivity contribution in [1.82, 2.24) is 14.9 Å². The van der Waals surface area contributed by atoms with Gasteiger partial charge in [0.2, 0.25) is 6.79 Å². The van der Waals surface area contributed by atoms with E-state index < -0.39 is 0 Å². The molecule has 0 unspecified atom stereocenters. The predicted molar refractivity (Wildman–Crippen MR) is 92.2 cm³/mol. The molecule has 1 aliphatic rings. The molecule has 1 amide bonds. The van der Waals surface area contributed by atoms with Crippen molar-refractivity contribution < 1.29 is 14.3 Å². The summed E-state index contributed by atoms with van der Waals surface area (Å²) >= 11 is 0. The highest BCUT2D eigenvalue weighted by Gasteiger charge is 2.13. The highest BCUT2D eigenvalue weighted by atomic mass is 16.7. The number of amides is 1. The maximum absolute atomic E-state index is 12.2. The molecule has 0 spiro atoms. The third-order valence-electron chi connectivity index (χ3n) is 4.07. The number of nitrogens with one attached hydrogen (secondary N) is 1. The van der Waals surface area contributed by atoms with Crippen LogP contribution in [0, 0.1) is 0 Å². The minimum Gasteiger partial charge on any atom is -0.454 e. The monoisotopic (exact) mass is 335 g/mol. The largest absolute Gasteiger partial charge is 0.454 e. The predicted octanol–water partition coefficient (Wildman–Crippen LogP) is 2.57. The lowest BCUT2D eigenvalue weighted by Crippen LogP contribution is -2.25. The van der Waals surface area contributed by atoms with E-state index in [4.69, 9.17) is 9.47 Å². The van der Waals surface area contributed by atoms with Crippen molar-refractivity contribution in [3.05, 3.63) is 72.3 Å². The molecule has 2 heterocycles. The van der Waals surface area contributed by atoms with Gasteiger partial charge in [0.1, 0.15) is 0 Å². The number of carbonyl (C=O) groups is 1. The Hall–Kier alpha value is -3.28. The molecule has 1 aliphatic heterocycles. The lowest BCUT2D eigenvalue weighted by atomic mass is 10.1. The first-order valence-corrected chi connectivity index (χ1v) is 8.05. The van der Waals surface area contributed by atoms with Crippen LogP contribution in [0.3, 0.4) is 0 Å². The van der Waals surface area contributed by atoms with Crippen molar-refractivity contribution in [3.63, 3.8) is 0 Å². The summed E-state index contributed by atoms with van der Waals surface area (Å²) < 4.78 is 12.5. The highest BCUT2D eigenvalue weighted by molar-refractivity contribution is 5.94. The molecule has 2 aromatic carbocycles. The van der Waals surface area contributed by atoms with Crippen LogP contribution in [0.15, 0.2) is 61.2 Å². The van der Waals surface area contributed by atoms with Gasteiger partial charge in [0.25, 0.3) is 5.91 Å². The van der Waals surface area contributed by atoms with E-state index in [1.54, 1.807) is 12.5 Å². The van der Waals surface area contributed by atoms with Crippen molar-refractivity contribution in [3.8, 4) is 17.2 Å². The summed E-state index contributed by atoms with van der Waals surface area (Å²) in [4.78, 5) is 16.3. The van der Waals surface area contributed by atoms with Crippen LogP contribution in [-0.2, 0) is 6.42 Å². The van der Waals surface area contributed by atoms with E-state index in [0.717, 1.165) is 29.2 Å². The SMILES string of the molecule is O=C(NCCc1ccc2c(c1)OCO2)c1ccc(-n2ccnc2)cc1. The lowest BCUT2D eigenvalue weighted by molar-refractivity contribution is 0.0954. The second kappa shape index (κ2) is 6.68. The number of nitrogens with zero attached hydrogens (tertiary/aromatic N) is 2. The van der Waals surface area contributed by atoms with Gasteiger partial charge in [0.15, 0.2) is 11.5 Å². The van der Waals surface area contributed by atoms with Gasteiger partial charge < -0.3 is 19.4 Å². The molecule has 6 nitrogen and oxygen atoms in total. The summed E-state index contributed by atoms with van der Waals surface area (Å²) in [6, 6.07) is 13.3. The summed E-state index contributed by atoms with van der Waals surface area (Å²) in [5, 5.41) is 2.94. The summed E-state index contributed by atoms with van der Waals surface area (Å²) in [5.74, 6) is 1.45. The van der Waals surface area contributed by atoms with Crippen LogP contribution < -0.4 is 14.8 Å². The molecular formula is C19H17N3O3. The van der Waals surface area contributed by atoms with Crippen LogP contribution in [0.2, 0.25) is 0 Å². The van der Waals surface area contributed by atoms with Crippen molar-refractivity contribution in [2.75, 3.05) is 13.3 Å². The van der Waals surface area contributed by atoms with E-state index in [1.807, 2.05) is 53.2 Å². The maximum atomic E-state index is 12.2. The Balaban J connectivity index is 1.33. The van der Waals surface area contributed by atoms with Crippen LogP contribution in [0.25, 0.3) is 5.69 Å². The Labute approximate surface area is 145 Å². The van der Waals surface area contributed by atoms with Crippen molar-refractivity contribution in [1.29, 1.82) is 0 Å². The molecule has 25 heavy (non-hydrogen) atoms. The number of aromatic nitrogens is 2. The zero-order valence-electron chi connectivity index (χ0n) is 13.5. The molecule has 0 saturated carbocycles. The van der Waals surface area contributed by atoms with Crippen molar-refractivity contribution in [2.24, 2.45) is 0 Å². The molecule has 126 valence electrons. The molecule has 0 aliphatic carbocycles. The maximum Gasteiger partial charge on any atom is 0.251 e. The lowest BCUT2D eigenvalue weighted by Gasteiger charge is -2.07. The first kappa shape index (κ1) is 15.3. The molecule has 1 aromatic heterocycles. The van der Waals surface area contributed by atoms with E-state index in [0.29, 0.717) is 12.1 Å². The average Bonchev–Trinajstić information content (AvgIpc) is 3.33. The van der Waals surface area contributed by atoms with Gasteiger partial charge in [0.05, 0.1) is 6.33 Å². The van der Waals surface area contributed by atoms with E-state index in [1.165, 1.54) is 0 Å². The number of imidazole rings is 1. The summed E-state index contributed by atoms with van der Waals surface area (Å²) in [5.41, 5.74) is 2.70. The van der Waals surface area contributed by atoms with Gasteiger partial charge in [-0.2, -0.15) is 0 Å². The quantitative estimate of drug-likeness (QED) is 0.778. The Kier molecular flexibility index (Phi) is 4.08. The average molecular weight is 335 g/mol. The Morgan fingerprint density at radius 1 is 1.12 bits per heavy atom. The first-order chi connectivity index (χ1) is 12.3. The molecule has 4 rings (SSSR count). The molecule has 0 bridgehead atoms. The Morgan fingerprint density at radius 2 is 1.96 bits per heavy atom. The van der Waals surface area contributed by atoms with E-state index in [-0.39, 0.29) is 12.7 Å². The van der Waals surface area contributed by atoms with Gasteiger partial charge in [-0.1, -0.05) is 6.07 Å². The number of rotatable bonds is 5. The van der Waals surface area contributed by atoms with Crippen LogP contribution in [-0.4, -0.2) is 28.8 Å². The van der Waals surface area contributed by atoms with E-state index in [2.05, 4.69) is 10.3 Å². The highest BCUT2D eigenvalue weighted by Crippen LogP contribution is 2.32. The smallest absolute Gasteiger partial charge is 0.251 e. The summed E-state index contributed by atoms with van der Waals surface area (Å²) in [6.07, 6.45) is 6.03. The first-order valence-electron chi connectivity index (χ1n) is 8.05. The van der Waals surface area contributed by atoms with E-state index in [9.17, 15) is 4.79 Å². The number of ether oxygens (including phenoxy) is 2. The Bertz CT molecular complexity index is 873. The van der Waals surface area contributed by atoms with Gasteiger partial charge >= 0.3 is 0 Å². The number of hydrogen-bond donors (Lipinski definition) is 1. The van der Waals surface area contributed by atoms with Crippen LogP contribution >= 0.6 is 0 Å². The second-order valence-electron chi connectivity index (χ2n) is 5.71. The number of benzene rings is 2. The summed E-state index contributed by atoms with van der Waals surface area (Å²) in [7, 11) is 0. The van der Waals surface area contributed by atoms with Crippen LogP contribution in [0.1, 0.15) is 15.9 Å². The summed E-state index contributed by atoms with van der Waals surface area (Å²) in [6.45, 7) is 0.826. The minimum absolute atomic E-state index is 0.0853. The van der Waals surface area contributed by atoms with Crippen LogP contribution in [0.5, 0.6) is 11.5 Å². The minimum atomic E-state index is -0.0853. The Morgan fingerprint density at radius 3 is 2.76 bits per heavy atom. The number of fused-ring (bicyclic) bond motifs is 1. The molecule has 0 saturated heterocycles. The zero-order chi connectivity index (χ0) is 17.1. The zero-order valence-corrected chi connectivity index (χ0v) is 13.5.